The average molecular weight is 315 g/mol. The Labute approximate surface area is 134 Å². The van der Waals surface area contributed by atoms with Crippen LogP contribution in [-0.2, 0) is 6.42 Å². The topological polar surface area (TPSA) is 70.7 Å². The molecule has 5 heteroatoms. The van der Waals surface area contributed by atoms with E-state index in [1.807, 2.05) is 21.0 Å². The smallest absolute Gasteiger partial charge is 0.336 e. The number of aromatic hydroxyl groups is 1. The number of allylic oxidation sites excluding steroid dienone is 1. The van der Waals surface area contributed by atoms with Crippen molar-refractivity contribution in [3.8, 4) is 5.75 Å². The van der Waals surface area contributed by atoms with Crippen LogP contribution in [0.15, 0.2) is 33.6 Å². The van der Waals surface area contributed by atoms with Crippen molar-refractivity contribution < 1.29 is 14.3 Å². The van der Waals surface area contributed by atoms with Crippen LogP contribution in [-0.4, -0.2) is 29.9 Å². The second-order valence-corrected chi connectivity index (χ2v) is 5.76. The highest BCUT2D eigenvalue weighted by molar-refractivity contribution is 6.09. The highest BCUT2D eigenvalue weighted by atomic mass is 16.4. The van der Waals surface area contributed by atoms with Crippen LogP contribution in [0.3, 0.4) is 0 Å². The van der Waals surface area contributed by atoms with E-state index in [0.717, 1.165) is 12.0 Å². The fraction of sp³-hybridized carbons (Fsp3) is 0.333. The third-order valence-electron chi connectivity index (χ3n) is 3.63. The number of nitrogens with zero attached hydrogens (tertiary/aromatic N) is 1. The standard InChI is InChI=1S/C18H21NO4/c1-5-6-12-9-16(21)23-18-11(2)17(22)14(10-13(12)18)15(20)7-8-19(3)4/h7-10,22H,5-6H2,1-4H3/b8-7+. The van der Waals surface area contributed by atoms with Crippen LogP contribution >= 0.6 is 0 Å². The molecule has 0 aliphatic heterocycles. The molecule has 1 aromatic heterocycles. The van der Waals surface area contributed by atoms with Crippen molar-refractivity contribution in [1.29, 1.82) is 0 Å². The number of carbonyl (C=O) groups excluding carboxylic acids is 1. The summed E-state index contributed by atoms with van der Waals surface area (Å²) in [7, 11) is 3.62. The van der Waals surface area contributed by atoms with Gasteiger partial charge in [-0.15, -0.1) is 0 Å². The zero-order valence-electron chi connectivity index (χ0n) is 13.8. The molecule has 1 aromatic carbocycles. The van der Waals surface area contributed by atoms with E-state index in [1.54, 1.807) is 24.1 Å². The molecule has 0 aliphatic carbocycles. The molecule has 0 fully saturated rings. The Morgan fingerprint density at radius 2 is 2.04 bits per heavy atom. The molecule has 0 amide bonds. The molecule has 122 valence electrons. The van der Waals surface area contributed by atoms with Gasteiger partial charge in [0.05, 0.1) is 5.56 Å². The summed E-state index contributed by atoms with van der Waals surface area (Å²) in [4.78, 5) is 25.8. The normalized spacial score (nSPS) is 11.3. The predicted molar refractivity (Wildman–Crippen MR) is 90.0 cm³/mol. The number of benzene rings is 1. The third-order valence-corrected chi connectivity index (χ3v) is 3.63. The minimum atomic E-state index is -0.449. The molecule has 0 aliphatic rings. The van der Waals surface area contributed by atoms with Crippen molar-refractivity contribution in [3.63, 3.8) is 0 Å². The quantitative estimate of drug-likeness (QED) is 0.522. The number of carbonyl (C=O) groups is 1. The van der Waals surface area contributed by atoms with Gasteiger partial charge in [0.1, 0.15) is 11.3 Å². The van der Waals surface area contributed by atoms with Crippen LogP contribution in [0.1, 0.15) is 34.8 Å². The second kappa shape index (κ2) is 6.69. The minimum absolute atomic E-state index is 0.150. The van der Waals surface area contributed by atoms with Gasteiger partial charge in [0.25, 0.3) is 0 Å². The Morgan fingerprint density at radius 3 is 2.65 bits per heavy atom. The summed E-state index contributed by atoms with van der Waals surface area (Å²) < 4.78 is 5.24. The number of phenolic OH excluding ortho intramolecular Hbond substituents is 1. The third kappa shape index (κ3) is 3.44. The fourth-order valence-electron chi connectivity index (χ4n) is 2.48. The summed E-state index contributed by atoms with van der Waals surface area (Å²) in [6, 6.07) is 3.06. The molecule has 0 unspecified atom stereocenters. The molecule has 1 heterocycles. The van der Waals surface area contributed by atoms with Crippen molar-refractivity contribution in [2.45, 2.75) is 26.7 Å². The Balaban J connectivity index is 2.71. The lowest BCUT2D eigenvalue weighted by Crippen LogP contribution is -2.06. The molecule has 2 rings (SSSR count). The van der Waals surface area contributed by atoms with Crippen LogP contribution in [0.2, 0.25) is 0 Å². The van der Waals surface area contributed by atoms with Gasteiger partial charge in [-0.3, -0.25) is 4.79 Å². The van der Waals surface area contributed by atoms with Gasteiger partial charge < -0.3 is 14.4 Å². The minimum Gasteiger partial charge on any atom is -0.507 e. The first-order chi connectivity index (χ1) is 10.8. The second-order valence-electron chi connectivity index (χ2n) is 5.76. The van der Waals surface area contributed by atoms with Crippen LogP contribution in [0.25, 0.3) is 11.0 Å². The Bertz CT molecular complexity index is 831. The lowest BCUT2D eigenvalue weighted by Gasteiger charge is -2.11. The Kier molecular flexibility index (Phi) is 4.89. The van der Waals surface area contributed by atoms with E-state index < -0.39 is 5.63 Å². The summed E-state index contributed by atoms with van der Waals surface area (Å²) in [6.07, 6.45) is 4.59. The van der Waals surface area contributed by atoms with Crippen molar-refractivity contribution in [1.82, 2.24) is 4.90 Å². The molecule has 0 radical (unpaired) electrons. The first-order valence-electron chi connectivity index (χ1n) is 7.53. The first kappa shape index (κ1) is 16.8. The molecule has 0 atom stereocenters. The number of hydrogen-bond donors (Lipinski definition) is 1. The van der Waals surface area contributed by atoms with E-state index in [0.29, 0.717) is 23.0 Å². The van der Waals surface area contributed by atoms with E-state index in [1.165, 1.54) is 12.1 Å². The van der Waals surface area contributed by atoms with Gasteiger partial charge in [-0.25, -0.2) is 4.79 Å². The molecule has 0 spiro atoms. The molecule has 5 nitrogen and oxygen atoms in total. The summed E-state index contributed by atoms with van der Waals surface area (Å²) in [6.45, 7) is 3.66. The molecule has 0 saturated carbocycles. The van der Waals surface area contributed by atoms with Crippen LogP contribution < -0.4 is 5.63 Å². The van der Waals surface area contributed by atoms with Crippen LogP contribution in [0.5, 0.6) is 5.75 Å². The monoisotopic (exact) mass is 315 g/mol. The van der Waals surface area contributed by atoms with Gasteiger partial charge in [-0.2, -0.15) is 0 Å². The van der Waals surface area contributed by atoms with Gasteiger partial charge in [-0.05, 0) is 25.0 Å². The van der Waals surface area contributed by atoms with Crippen LogP contribution in [0.4, 0.5) is 0 Å². The number of aryl methyl sites for hydroxylation is 2. The lowest BCUT2D eigenvalue weighted by molar-refractivity contribution is 0.104. The zero-order valence-corrected chi connectivity index (χ0v) is 13.8. The van der Waals surface area contributed by atoms with Crippen molar-refractivity contribution >= 4 is 16.8 Å². The summed E-state index contributed by atoms with van der Waals surface area (Å²) >= 11 is 0. The van der Waals surface area contributed by atoms with Gasteiger partial charge in [-0.1, -0.05) is 13.3 Å². The van der Waals surface area contributed by atoms with Crippen molar-refractivity contribution in [3.05, 3.63) is 51.5 Å². The van der Waals surface area contributed by atoms with E-state index in [9.17, 15) is 14.7 Å². The number of phenols is 1. The zero-order chi connectivity index (χ0) is 17.1. The van der Waals surface area contributed by atoms with E-state index in [-0.39, 0.29) is 17.1 Å². The Hall–Kier alpha value is -2.56. The van der Waals surface area contributed by atoms with Crippen molar-refractivity contribution in [2.75, 3.05) is 14.1 Å². The molecular weight excluding hydrogens is 294 g/mol. The van der Waals surface area contributed by atoms with Crippen molar-refractivity contribution in [2.24, 2.45) is 0 Å². The van der Waals surface area contributed by atoms with Crippen LogP contribution in [0, 0.1) is 6.92 Å². The van der Waals surface area contributed by atoms with E-state index in [2.05, 4.69) is 0 Å². The van der Waals surface area contributed by atoms with Gasteiger partial charge in [0.15, 0.2) is 5.78 Å². The maximum absolute atomic E-state index is 12.3. The number of ketones is 1. The maximum Gasteiger partial charge on any atom is 0.336 e. The molecule has 23 heavy (non-hydrogen) atoms. The molecule has 0 saturated heterocycles. The van der Waals surface area contributed by atoms with Gasteiger partial charge >= 0.3 is 5.63 Å². The number of rotatable bonds is 5. The average Bonchev–Trinajstić information content (AvgIpc) is 2.49. The summed E-state index contributed by atoms with van der Waals surface area (Å²) in [5.41, 5.74) is 1.33. The maximum atomic E-state index is 12.3. The van der Waals surface area contributed by atoms with Gasteiger partial charge in [0, 0.05) is 43.4 Å². The first-order valence-corrected chi connectivity index (χ1v) is 7.53. The molecule has 1 N–H and O–H groups in total. The highest BCUT2D eigenvalue weighted by Gasteiger charge is 2.18. The largest absolute Gasteiger partial charge is 0.507 e. The molecule has 2 aromatic rings. The van der Waals surface area contributed by atoms with Gasteiger partial charge in [0.2, 0.25) is 0 Å². The van der Waals surface area contributed by atoms with E-state index in [4.69, 9.17) is 4.42 Å². The molecule has 0 bridgehead atoms. The SMILES string of the molecule is CCCc1cc(=O)oc2c(C)c(O)c(C(=O)/C=C/N(C)C)cc12. The Morgan fingerprint density at radius 1 is 1.35 bits per heavy atom. The number of fused-ring (bicyclic) bond motifs is 1. The highest BCUT2D eigenvalue weighted by Crippen LogP contribution is 2.32. The molecular formula is C18H21NO4. The fourth-order valence-corrected chi connectivity index (χ4v) is 2.48. The van der Waals surface area contributed by atoms with E-state index >= 15 is 0 Å². The lowest BCUT2D eigenvalue weighted by atomic mass is 9.97. The predicted octanol–water partition coefficient (Wildman–Crippen LogP) is 3.02. The summed E-state index contributed by atoms with van der Waals surface area (Å²) in [5.74, 6) is -0.447. The number of hydrogen-bond acceptors (Lipinski definition) is 5. The summed E-state index contributed by atoms with van der Waals surface area (Å²) in [5, 5.41) is 11.0.